The SMILES string of the molecule is COCCNC(=O)C(C)Oc1cccc2c1CCCC2. The molecule has 110 valence electrons. The Balaban J connectivity index is 1.97. The topological polar surface area (TPSA) is 47.6 Å². The third-order valence-corrected chi connectivity index (χ3v) is 3.63. The summed E-state index contributed by atoms with van der Waals surface area (Å²) < 4.78 is 10.8. The molecule has 20 heavy (non-hydrogen) atoms. The fraction of sp³-hybridized carbons (Fsp3) is 0.562. The van der Waals surface area contributed by atoms with E-state index in [0.29, 0.717) is 13.2 Å². The van der Waals surface area contributed by atoms with E-state index in [4.69, 9.17) is 9.47 Å². The van der Waals surface area contributed by atoms with Gasteiger partial charge in [-0.15, -0.1) is 0 Å². The molecule has 1 aliphatic rings. The maximum atomic E-state index is 11.9. The Kier molecular flexibility index (Phi) is 5.41. The van der Waals surface area contributed by atoms with Gasteiger partial charge in [-0.25, -0.2) is 0 Å². The highest BCUT2D eigenvalue weighted by atomic mass is 16.5. The highest BCUT2D eigenvalue weighted by Crippen LogP contribution is 2.30. The quantitative estimate of drug-likeness (QED) is 0.810. The summed E-state index contributed by atoms with van der Waals surface area (Å²) in [4.78, 5) is 11.9. The number of fused-ring (bicyclic) bond motifs is 1. The third kappa shape index (κ3) is 3.73. The molecule has 1 aliphatic carbocycles. The molecule has 1 N–H and O–H groups in total. The zero-order chi connectivity index (χ0) is 14.4. The number of nitrogens with one attached hydrogen (secondary N) is 1. The zero-order valence-corrected chi connectivity index (χ0v) is 12.3. The highest BCUT2D eigenvalue weighted by molar-refractivity contribution is 5.80. The average molecular weight is 277 g/mol. The van der Waals surface area contributed by atoms with Crippen molar-refractivity contribution in [2.45, 2.75) is 38.7 Å². The second kappa shape index (κ2) is 7.29. The van der Waals surface area contributed by atoms with Crippen molar-refractivity contribution in [1.82, 2.24) is 5.32 Å². The second-order valence-corrected chi connectivity index (χ2v) is 5.14. The molecule has 0 saturated heterocycles. The number of carbonyl (C=O) groups excluding carboxylic acids is 1. The van der Waals surface area contributed by atoms with Crippen LogP contribution >= 0.6 is 0 Å². The van der Waals surface area contributed by atoms with Crippen LogP contribution in [0.3, 0.4) is 0 Å². The summed E-state index contributed by atoms with van der Waals surface area (Å²) >= 11 is 0. The van der Waals surface area contributed by atoms with Crippen LogP contribution in [0.2, 0.25) is 0 Å². The normalized spacial score (nSPS) is 15.3. The summed E-state index contributed by atoms with van der Waals surface area (Å²) in [6.07, 6.45) is 4.11. The first kappa shape index (κ1) is 14.9. The van der Waals surface area contributed by atoms with E-state index >= 15 is 0 Å². The summed E-state index contributed by atoms with van der Waals surface area (Å²) in [5.41, 5.74) is 2.64. The van der Waals surface area contributed by atoms with E-state index < -0.39 is 6.10 Å². The Morgan fingerprint density at radius 1 is 1.35 bits per heavy atom. The monoisotopic (exact) mass is 277 g/mol. The van der Waals surface area contributed by atoms with Gasteiger partial charge in [0.05, 0.1) is 6.61 Å². The maximum absolute atomic E-state index is 11.9. The van der Waals surface area contributed by atoms with Gasteiger partial charge in [0.25, 0.3) is 5.91 Å². The number of hydrogen-bond acceptors (Lipinski definition) is 3. The van der Waals surface area contributed by atoms with Crippen LogP contribution in [-0.2, 0) is 22.4 Å². The molecular weight excluding hydrogens is 254 g/mol. The number of methoxy groups -OCH3 is 1. The summed E-state index contributed by atoms with van der Waals surface area (Å²) in [5, 5.41) is 2.79. The Hall–Kier alpha value is -1.55. The molecule has 0 bridgehead atoms. The van der Waals surface area contributed by atoms with Gasteiger partial charge >= 0.3 is 0 Å². The fourth-order valence-electron chi connectivity index (χ4n) is 2.52. The van der Waals surface area contributed by atoms with Crippen molar-refractivity contribution in [2.24, 2.45) is 0 Å². The van der Waals surface area contributed by atoms with Crippen molar-refractivity contribution in [1.29, 1.82) is 0 Å². The molecule has 4 heteroatoms. The highest BCUT2D eigenvalue weighted by Gasteiger charge is 2.18. The molecule has 1 atom stereocenters. The van der Waals surface area contributed by atoms with Gasteiger partial charge in [-0.2, -0.15) is 0 Å². The minimum Gasteiger partial charge on any atom is -0.481 e. The molecule has 2 rings (SSSR count). The molecule has 0 aromatic heterocycles. The molecule has 0 heterocycles. The Morgan fingerprint density at radius 2 is 2.15 bits per heavy atom. The van der Waals surface area contributed by atoms with Gasteiger partial charge in [0.15, 0.2) is 6.10 Å². The van der Waals surface area contributed by atoms with Crippen molar-refractivity contribution in [3.8, 4) is 5.75 Å². The van der Waals surface area contributed by atoms with E-state index in [9.17, 15) is 4.79 Å². The van der Waals surface area contributed by atoms with Crippen LogP contribution in [0, 0.1) is 0 Å². The largest absolute Gasteiger partial charge is 0.481 e. The lowest BCUT2D eigenvalue weighted by atomic mass is 9.91. The number of aryl methyl sites for hydroxylation is 1. The van der Waals surface area contributed by atoms with Crippen molar-refractivity contribution >= 4 is 5.91 Å². The minimum atomic E-state index is -0.486. The molecule has 0 radical (unpaired) electrons. The second-order valence-electron chi connectivity index (χ2n) is 5.14. The van der Waals surface area contributed by atoms with Crippen molar-refractivity contribution in [2.75, 3.05) is 20.3 Å². The van der Waals surface area contributed by atoms with Crippen LogP contribution in [0.5, 0.6) is 5.75 Å². The van der Waals surface area contributed by atoms with Gasteiger partial charge in [-0.05, 0) is 49.8 Å². The van der Waals surface area contributed by atoms with Crippen LogP contribution in [0.15, 0.2) is 18.2 Å². The number of ether oxygens (including phenoxy) is 2. The lowest BCUT2D eigenvalue weighted by Gasteiger charge is -2.22. The molecule has 0 spiro atoms. The van der Waals surface area contributed by atoms with Gasteiger partial charge < -0.3 is 14.8 Å². The summed E-state index contributed by atoms with van der Waals surface area (Å²) in [5.74, 6) is 0.757. The Labute approximate surface area is 120 Å². The first-order chi connectivity index (χ1) is 9.72. The standard InChI is InChI=1S/C16H23NO3/c1-12(16(18)17-10-11-19-2)20-15-9-5-7-13-6-3-4-8-14(13)15/h5,7,9,12H,3-4,6,8,10-11H2,1-2H3,(H,17,18). The number of rotatable bonds is 6. The number of benzene rings is 1. The lowest BCUT2D eigenvalue weighted by molar-refractivity contribution is -0.127. The van der Waals surface area contributed by atoms with E-state index in [1.165, 1.54) is 24.0 Å². The Bertz CT molecular complexity index is 459. The van der Waals surface area contributed by atoms with Gasteiger partial charge in [0, 0.05) is 13.7 Å². The van der Waals surface area contributed by atoms with E-state index in [1.807, 2.05) is 12.1 Å². The number of hydrogen-bond donors (Lipinski definition) is 1. The average Bonchev–Trinajstić information content (AvgIpc) is 2.47. The third-order valence-electron chi connectivity index (χ3n) is 3.63. The van der Waals surface area contributed by atoms with Gasteiger partial charge in [0.1, 0.15) is 5.75 Å². The van der Waals surface area contributed by atoms with Crippen LogP contribution in [-0.4, -0.2) is 32.3 Å². The van der Waals surface area contributed by atoms with Crippen LogP contribution in [0.1, 0.15) is 30.9 Å². The molecule has 1 unspecified atom stereocenters. The molecule has 0 saturated carbocycles. The minimum absolute atomic E-state index is 0.101. The predicted molar refractivity (Wildman–Crippen MR) is 78.1 cm³/mol. The van der Waals surface area contributed by atoms with Crippen molar-refractivity contribution in [3.63, 3.8) is 0 Å². The van der Waals surface area contributed by atoms with Crippen LogP contribution < -0.4 is 10.1 Å². The first-order valence-electron chi connectivity index (χ1n) is 7.26. The van der Waals surface area contributed by atoms with E-state index in [-0.39, 0.29) is 5.91 Å². The van der Waals surface area contributed by atoms with Gasteiger partial charge in [0.2, 0.25) is 0 Å². The van der Waals surface area contributed by atoms with E-state index in [0.717, 1.165) is 18.6 Å². The zero-order valence-electron chi connectivity index (χ0n) is 12.3. The number of amides is 1. The molecular formula is C16H23NO3. The molecule has 1 aromatic rings. The fourth-order valence-corrected chi connectivity index (χ4v) is 2.52. The number of carbonyl (C=O) groups is 1. The van der Waals surface area contributed by atoms with Crippen molar-refractivity contribution in [3.05, 3.63) is 29.3 Å². The first-order valence-corrected chi connectivity index (χ1v) is 7.26. The van der Waals surface area contributed by atoms with Crippen LogP contribution in [0.25, 0.3) is 0 Å². The molecule has 1 aromatic carbocycles. The molecule has 4 nitrogen and oxygen atoms in total. The maximum Gasteiger partial charge on any atom is 0.260 e. The van der Waals surface area contributed by atoms with E-state index in [1.54, 1.807) is 14.0 Å². The summed E-state index contributed by atoms with van der Waals surface area (Å²) in [7, 11) is 1.61. The summed E-state index contributed by atoms with van der Waals surface area (Å²) in [6, 6.07) is 6.13. The molecule has 0 fully saturated rings. The molecule has 0 aliphatic heterocycles. The van der Waals surface area contributed by atoms with E-state index in [2.05, 4.69) is 11.4 Å². The Morgan fingerprint density at radius 3 is 2.95 bits per heavy atom. The summed E-state index contributed by atoms with van der Waals surface area (Å²) in [6.45, 7) is 2.81. The van der Waals surface area contributed by atoms with Gasteiger partial charge in [-0.1, -0.05) is 12.1 Å². The van der Waals surface area contributed by atoms with Crippen LogP contribution in [0.4, 0.5) is 0 Å². The van der Waals surface area contributed by atoms with Gasteiger partial charge in [-0.3, -0.25) is 4.79 Å². The smallest absolute Gasteiger partial charge is 0.260 e. The van der Waals surface area contributed by atoms with Crippen molar-refractivity contribution < 1.29 is 14.3 Å². The molecule has 1 amide bonds. The predicted octanol–water partition coefficient (Wildman–Crippen LogP) is 2.10. The lowest BCUT2D eigenvalue weighted by Crippen LogP contribution is -2.38.